The van der Waals surface area contributed by atoms with Gasteiger partial charge >= 0.3 is 0 Å². The van der Waals surface area contributed by atoms with Gasteiger partial charge in [0.25, 0.3) is 0 Å². The van der Waals surface area contributed by atoms with E-state index < -0.39 is 0 Å². The highest BCUT2D eigenvalue weighted by Gasteiger charge is 2.36. The first-order chi connectivity index (χ1) is 6.75. The third-order valence-corrected chi connectivity index (χ3v) is 3.59. The Labute approximate surface area is 95.8 Å². The van der Waals surface area contributed by atoms with E-state index in [0.29, 0.717) is 12.0 Å². The molecule has 0 aromatic heterocycles. The predicted octanol–water partition coefficient (Wildman–Crippen LogP) is 3.91. The molecule has 0 radical (unpaired) electrons. The molecule has 1 heterocycles. The average molecular weight is 272 g/mol. The van der Waals surface area contributed by atoms with Crippen molar-refractivity contribution in [2.24, 2.45) is 0 Å². The summed E-state index contributed by atoms with van der Waals surface area (Å²) >= 11 is 9.48. The number of benzene rings is 1. The first-order valence-electron chi connectivity index (χ1n) is 4.58. The minimum absolute atomic E-state index is 0.291. The summed E-state index contributed by atoms with van der Waals surface area (Å²) in [6, 6.07) is 3.88. The van der Waals surface area contributed by atoms with Crippen molar-refractivity contribution in [3.05, 3.63) is 39.3 Å². The minimum atomic E-state index is 0.291. The minimum Gasteiger partial charge on any atom is -0.488 e. The molecule has 2 aliphatic rings. The van der Waals surface area contributed by atoms with E-state index in [2.05, 4.69) is 28.1 Å². The molecule has 14 heavy (non-hydrogen) atoms. The average Bonchev–Trinajstić information content (AvgIpc) is 2.65. The Morgan fingerprint density at radius 1 is 1.43 bits per heavy atom. The van der Waals surface area contributed by atoms with Crippen molar-refractivity contribution < 1.29 is 4.74 Å². The molecule has 1 aliphatic heterocycles. The lowest BCUT2D eigenvalue weighted by atomic mass is 9.99. The lowest BCUT2D eigenvalue weighted by Crippen LogP contribution is -2.11. The zero-order valence-electron chi connectivity index (χ0n) is 7.34. The number of hydrogen-bond donors (Lipinski definition) is 0. The van der Waals surface area contributed by atoms with Crippen LogP contribution in [-0.4, -0.2) is 6.10 Å². The molecule has 3 rings (SSSR count). The zero-order chi connectivity index (χ0) is 9.71. The smallest absolute Gasteiger partial charge is 0.137 e. The van der Waals surface area contributed by atoms with Crippen LogP contribution in [0.25, 0.3) is 0 Å². The Balaban J connectivity index is 2.19. The van der Waals surface area contributed by atoms with Crippen molar-refractivity contribution in [1.82, 2.24) is 0 Å². The molecule has 1 nitrogen and oxygen atoms in total. The van der Waals surface area contributed by atoms with E-state index in [0.717, 1.165) is 21.7 Å². The summed E-state index contributed by atoms with van der Waals surface area (Å²) < 4.78 is 6.81. The Morgan fingerprint density at radius 3 is 3.14 bits per heavy atom. The number of rotatable bonds is 0. The molecule has 0 bridgehead atoms. The highest BCUT2D eigenvalue weighted by atomic mass is 79.9. The van der Waals surface area contributed by atoms with Crippen LogP contribution >= 0.6 is 27.5 Å². The van der Waals surface area contributed by atoms with Crippen molar-refractivity contribution in [3.63, 3.8) is 0 Å². The van der Waals surface area contributed by atoms with Crippen LogP contribution in [-0.2, 0) is 0 Å². The summed E-state index contributed by atoms with van der Waals surface area (Å²) in [6.45, 7) is 0. The van der Waals surface area contributed by atoms with E-state index in [1.165, 1.54) is 5.56 Å². The molecule has 1 aliphatic carbocycles. The molecule has 0 amide bonds. The maximum atomic E-state index is 6.01. The second kappa shape index (κ2) is 3.01. The van der Waals surface area contributed by atoms with Crippen LogP contribution < -0.4 is 4.74 Å². The van der Waals surface area contributed by atoms with Gasteiger partial charge in [0.05, 0.1) is 4.47 Å². The third-order valence-electron chi connectivity index (χ3n) is 2.78. The van der Waals surface area contributed by atoms with E-state index in [4.69, 9.17) is 16.3 Å². The summed E-state index contributed by atoms with van der Waals surface area (Å²) in [4.78, 5) is 0. The van der Waals surface area contributed by atoms with Gasteiger partial charge in [0.2, 0.25) is 0 Å². The summed E-state index contributed by atoms with van der Waals surface area (Å²) in [5, 5.41) is 0.764. The summed E-state index contributed by atoms with van der Waals surface area (Å²) in [5.41, 5.74) is 1.21. The molecule has 0 saturated carbocycles. The number of ether oxygens (including phenoxy) is 1. The molecular formula is C11H8BrClO. The molecular weight excluding hydrogens is 263 g/mol. The predicted molar refractivity (Wildman–Crippen MR) is 60.1 cm³/mol. The fourth-order valence-electron chi connectivity index (χ4n) is 2.16. The quantitative estimate of drug-likeness (QED) is 0.650. The molecule has 2 atom stereocenters. The van der Waals surface area contributed by atoms with E-state index >= 15 is 0 Å². The second-order valence-electron chi connectivity index (χ2n) is 3.65. The van der Waals surface area contributed by atoms with Gasteiger partial charge < -0.3 is 4.74 Å². The van der Waals surface area contributed by atoms with Crippen molar-refractivity contribution in [2.75, 3.05) is 0 Å². The van der Waals surface area contributed by atoms with E-state index in [-0.39, 0.29) is 0 Å². The van der Waals surface area contributed by atoms with E-state index in [1.807, 2.05) is 12.1 Å². The molecule has 0 spiro atoms. The maximum Gasteiger partial charge on any atom is 0.137 e. The highest BCUT2D eigenvalue weighted by Crippen LogP contribution is 2.48. The lowest BCUT2D eigenvalue weighted by molar-refractivity contribution is 0.231. The highest BCUT2D eigenvalue weighted by molar-refractivity contribution is 9.10. The first-order valence-corrected chi connectivity index (χ1v) is 5.75. The van der Waals surface area contributed by atoms with Gasteiger partial charge in [0.15, 0.2) is 0 Å². The third kappa shape index (κ3) is 1.14. The largest absolute Gasteiger partial charge is 0.488 e. The Morgan fingerprint density at radius 2 is 2.29 bits per heavy atom. The Hall–Kier alpha value is -0.470. The van der Waals surface area contributed by atoms with Gasteiger partial charge in [-0.2, -0.15) is 0 Å². The summed E-state index contributed by atoms with van der Waals surface area (Å²) in [5.74, 6) is 1.37. The molecule has 0 unspecified atom stereocenters. The van der Waals surface area contributed by atoms with Gasteiger partial charge in [0, 0.05) is 22.9 Å². The van der Waals surface area contributed by atoms with Crippen molar-refractivity contribution >= 4 is 27.5 Å². The lowest BCUT2D eigenvalue weighted by Gasteiger charge is -2.07. The Bertz CT molecular complexity index is 428. The number of halogens is 2. The normalized spacial score (nSPS) is 27.3. The fraction of sp³-hybridized carbons (Fsp3) is 0.273. The first kappa shape index (κ1) is 8.81. The standard InChI is InChI=1S/C11H8BrClO/c12-9-5-6(13)4-8-7-2-1-3-10(7)14-11(8)9/h1-2,4-5,7,10H,3H2/t7-,10-/m1/s1. The number of fused-ring (bicyclic) bond motifs is 3. The van der Waals surface area contributed by atoms with Gasteiger partial charge in [-0.05, 0) is 28.1 Å². The zero-order valence-corrected chi connectivity index (χ0v) is 9.68. The molecule has 0 fully saturated rings. The van der Waals surface area contributed by atoms with Crippen LogP contribution in [0.2, 0.25) is 5.02 Å². The molecule has 0 N–H and O–H groups in total. The van der Waals surface area contributed by atoms with Crippen LogP contribution in [0.4, 0.5) is 0 Å². The fourth-order valence-corrected chi connectivity index (χ4v) is 3.09. The Kier molecular flexibility index (Phi) is 1.89. The maximum absolute atomic E-state index is 6.01. The van der Waals surface area contributed by atoms with E-state index in [1.54, 1.807) is 0 Å². The summed E-state index contributed by atoms with van der Waals surface area (Å²) in [7, 11) is 0. The SMILES string of the molecule is Clc1cc(Br)c2c(c1)[C@H]1C=CC[C@H]1O2. The van der Waals surface area contributed by atoms with Gasteiger partial charge in [-0.1, -0.05) is 23.8 Å². The van der Waals surface area contributed by atoms with Crippen molar-refractivity contribution in [1.29, 1.82) is 0 Å². The molecule has 1 aromatic rings. The van der Waals surface area contributed by atoms with Gasteiger partial charge in [0.1, 0.15) is 11.9 Å². The molecule has 72 valence electrons. The van der Waals surface area contributed by atoms with Gasteiger partial charge in [-0.15, -0.1) is 0 Å². The van der Waals surface area contributed by atoms with Crippen molar-refractivity contribution in [3.8, 4) is 5.75 Å². The van der Waals surface area contributed by atoms with Gasteiger partial charge in [-0.3, -0.25) is 0 Å². The van der Waals surface area contributed by atoms with Gasteiger partial charge in [-0.25, -0.2) is 0 Å². The van der Waals surface area contributed by atoms with Crippen LogP contribution in [0.5, 0.6) is 5.75 Å². The van der Waals surface area contributed by atoms with E-state index in [9.17, 15) is 0 Å². The number of hydrogen-bond acceptors (Lipinski definition) is 1. The molecule has 1 aromatic carbocycles. The molecule has 3 heteroatoms. The van der Waals surface area contributed by atoms with Crippen LogP contribution in [0.3, 0.4) is 0 Å². The van der Waals surface area contributed by atoms with Crippen LogP contribution in [0.1, 0.15) is 17.9 Å². The summed E-state index contributed by atoms with van der Waals surface area (Å²) in [6.07, 6.45) is 5.68. The van der Waals surface area contributed by atoms with Crippen LogP contribution in [0, 0.1) is 0 Å². The topological polar surface area (TPSA) is 9.23 Å². The van der Waals surface area contributed by atoms with Crippen molar-refractivity contribution in [2.45, 2.75) is 18.4 Å². The molecule has 0 saturated heterocycles. The monoisotopic (exact) mass is 270 g/mol. The second-order valence-corrected chi connectivity index (χ2v) is 4.94. The van der Waals surface area contributed by atoms with Crippen LogP contribution in [0.15, 0.2) is 28.8 Å².